The van der Waals surface area contributed by atoms with Crippen molar-refractivity contribution in [3.05, 3.63) is 70.5 Å². The first-order chi connectivity index (χ1) is 13.0. The second-order valence-corrected chi connectivity index (χ2v) is 6.49. The molecule has 3 rings (SSSR count). The fourth-order valence-corrected chi connectivity index (χ4v) is 2.78. The van der Waals surface area contributed by atoms with Gasteiger partial charge in [0.15, 0.2) is 0 Å². The van der Waals surface area contributed by atoms with Crippen molar-refractivity contribution in [3.8, 4) is 5.69 Å². The number of likely N-dealkylation sites (N-methyl/N-ethyl adjacent to an activating group) is 1. The first-order valence-electron chi connectivity index (χ1n) is 8.64. The van der Waals surface area contributed by atoms with Crippen LogP contribution in [0, 0.1) is 5.82 Å². The first-order valence-corrected chi connectivity index (χ1v) is 8.64. The Bertz CT molecular complexity index is 1010. The van der Waals surface area contributed by atoms with Crippen molar-refractivity contribution in [2.75, 3.05) is 27.2 Å². The molecule has 140 valence electrons. The molecule has 0 aliphatic heterocycles. The highest BCUT2D eigenvalue weighted by Gasteiger charge is 2.15. The van der Waals surface area contributed by atoms with E-state index in [1.807, 2.05) is 19.0 Å². The average molecular weight is 368 g/mol. The molecule has 0 aliphatic rings. The number of fused-ring (bicyclic) bond motifs is 1. The van der Waals surface area contributed by atoms with E-state index < -0.39 is 5.82 Å². The Morgan fingerprint density at radius 2 is 1.85 bits per heavy atom. The minimum Gasteiger partial charge on any atom is -0.354 e. The van der Waals surface area contributed by atoms with Crippen molar-refractivity contribution < 1.29 is 9.18 Å². The van der Waals surface area contributed by atoms with Crippen molar-refractivity contribution in [2.24, 2.45) is 0 Å². The summed E-state index contributed by atoms with van der Waals surface area (Å²) in [6.45, 7) is 1.21. The normalized spacial score (nSPS) is 11.1. The molecule has 1 amide bonds. The number of carbonyl (C=O) groups is 1. The number of hydrogen-bond acceptors (Lipinski definition) is 4. The number of para-hydroxylation sites is 1. The summed E-state index contributed by atoms with van der Waals surface area (Å²) in [6.07, 6.45) is -0.0507. The highest BCUT2D eigenvalue weighted by Crippen LogP contribution is 2.14. The molecule has 0 bridgehead atoms. The van der Waals surface area contributed by atoms with Gasteiger partial charge in [0.1, 0.15) is 11.6 Å². The van der Waals surface area contributed by atoms with Gasteiger partial charge in [-0.3, -0.25) is 14.2 Å². The van der Waals surface area contributed by atoms with Gasteiger partial charge in [-0.1, -0.05) is 12.1 Å². The van der Waals surface area contributed by atoms with E-state index in [1.165, 1.54) is 28.8 Å². The summed E-state index contributed by atoms with van der Waals surface area (Å²) in [5.74, 6) is -0.314. The molecule has 0 saturated carbocycles. The van der Waals surface area contributed by atoms with Gasteiger partial charge in [-0.05, 0) is 50.5 Å². The van der Waals surface area contributed by atoms with Crippen molar-refractivity contribution in [1.82, 2.24) is 19.8 Å². The molecular weight excluding hydrogens is 347 g/mol. The number of amides is 1. The topological polar surface area (TPSA) is 67.2 Å². The van der Waals surface area contributed by atoms with Gasteiger partial charge in [0.05, 0.1) is 23.0 Å². The van der Waals surface area contributed by atoms with E-state index in [9.17, 15) is 14.0 Å². The smallest absolute Gasteiger partial charge is 0.265 e. The Morgan fingerprint density at radius 1 is 1.15 bits per heavy atom. The van der Waals surface area contributed by atoms with Crippen molar-refractivity contribution in [2.45, 2.75) is 6.42 Å². The predicted molar refractivity (Wildman–Crippen MR) is 103 cm³/mol. The van der Waals surface area contributed by atoms with Crippen LogP contribution in [0.1, 0.15) is 5.82 Å². The average Bonchev–Trinajstić information content (AvgIpc) is 2.63. The highest BCUT2D eigenvalue weighted by molar-refractivity contribution is 5.81. The number of nitrogens with one attached hydrogen (secondary N) is 1. The molecule has 3 aromatic rings. The number of nitrogens with zero attached hydrogens (tertiary/aromatic N) is 3. The number of benzene rings is 2. The van der Waals surface area contributed by atoms with E-state index in [1.54, 1.807) is 24.3 Å². The van der Waals surface area contributed by atoms with Gasteiger partial charge in [-0.2, -0.15) is 0 Å². The van der Waals surface area contributed by atoms with Gasteiger partial charge >= 0.3 is 0 Å². The minimum absolute atomic E-state index is 0.0507. The molecule has 0 spiro atoms. The zero-order chi connectivity index (χ0) is 19.4. The van der Waals surface area contributed by atoms with E-state index in [4.69, 9.17) is 0 Å². The molecule has 1 heterocycles. The van der Waals surface area contributed by atoms with Crippen molar-refractivity contribution in [1.29, 1.82) is 0 Å². The fraction of sp³-hybridized carbons (Fsp3) is 0.250. The summed E-state index contributed by atoms with van der Waals surface area (Å²) >= 11 is 0. The van der Waals surface area contributed by atoms with E-state index in [-0.39, 0.29) is 17.9 Å². The van der Waals surface area contributed by atoms with E-state index in [0.717, 1.165) is 0 Å². The summed E-state index contributed by atoms with van der Waals surface area (Å²) in [4.78, 5) is 31.8. The molecule has 0 unspecified atom stereocenters. The molecule has 0 radical (unpaired) electrons. The standard InChI is InChI=1S/C20H21FN4O2/c1-24(2)12-11-22-19(26)13-18-23-17-6-4-3-5-16(17)20(27)25(18)15-9-7-14(21)8-10-15/h3-10H,11-13H2,1-2H3,(H,22,26). The number of carbonyl (C=O) groups excluding carboxylic acids is 1. The quantitative estimate of drug-likeness (QED) is 0.720. The van der Waals surface area contributed by atoms with Crippen LogP contribution in [0.15, 0.2) is 53.3 Å². The molecule has 0 saturated heterocycles. The third-order valence-electron chi connectivity index (χ3n) is 4.13. The van der Waals surface area contributed by atoms with Crippen LogP contribution in [-0.2, 0) is 11.2 Å². The lowest BCUT2D eigenvalue weighted by atomic mass is 10.2. The summed E-state index contributed by atoms with van der Waals surface area (Å²) in [7, 11) is 3.84. The number of rotatable bonds is 6. The monoisotopic (exact) mass is 368 g/mol. The zero-order valence-electron chi connectivity index (χ0n) is 15.3. The van der Waals surface area contributed by atoms with Crippen LogP contribution in [0.5, 0.6) is 0 Å². The van der Waals surface area contributed by atoms with E-state index >= 15 is 0 Å². The molecule has 1 N–H and O–H groups in total. The highest BCUT2D eigenvalue weighted by atomic mass is 19.1. The molecule has 0 atom stereocenters. The Balaban J connectivity index is 2.02. The molecule has 1 aromatic heterocycles. The second kappa shape index (κ2) is 8.09. The maximum absolute atomic E-state index is 13.3. The van der Waals surface area contributed by atoms with Crippen LogP contribution >= 0.6 is 0 Å². The lowest BCUT2D eigenvalue weighted by molar-refractivity contribution is -0.120. The largest absolute Gasteiger partial charge is 0.354 e. The van der Waals surface area contributed by atoms with Gasteiger partial charge in [0, 0.05) is 13.1 Å². The Labute approximate surface area is 156 Å². The van der Waals surface area contributed by atoms with Crippen LogP contribution in [0.4, 0.5) is 4.39 Å². The summed E-state index contributed by atoms with van der Waals surface area (Å²) in [6, 6.07) is 12.5. The SMILES string of the molecule is CN(C)CCNC(=O)Cc1nc2ccccc2c(=O)n1-c1ccc(F)cc1. The third kappa shape index (κ3) is 4.38. The van der Waals surface area contributed by atoms with Gasteiger partial charge in [-0.25, -0.2) is 9.37 Å². The van der Waals surface area contributed by atoms with Crippen LogP contribution in [-0.4, -0.2) is 47.5 Å². The first kappa shape index (κ1) is 18.7. The van der Waals surface area contributed by atoms with Crippen LogP contribution in [0.3, 0.4) is 0 Å². The molecule has 7 heteroatoms. The lowest BCUT2D eigenvalue weighted by Crippen LogP contribution is -2.34. The lowest BCUT2D eigenvalue weighted by Gasteiger charge is -2.14. The third-order valence-corrected chi connectivity index (χ3v) is 4.13. The molecule has 6 nitrogen and oxygen atoms in total. The molecular formula is C20H21FN4O2. The van der Waals surface area contributed by atoms with Crippen molar-refractivity contribution >= 4 is 16.8 Å². The van der Waals surface area contributed by atoms with Crippen LogP contribution < -0.4 is 10.9 Å². The molecule has 0 fully saturated rings. The van der Waals surface area contributed by atoms with Crippen LogP contribution in [0.2, 0.25) is 0 Å². The van der Waals surface area contributed by atoms with Crippen molar-refractivity contribution in [3.63, 3.8) is 0 Å². The summed E-state index contributed by atoms with van der Waals surface area (Å²) in [5, 5.41) is 3.26. The molecule has 0 aliphatic carbocycles. The minimum atomic E-state index is -0.400. The zero-order valence-corrected chi connectivity index (χ0v) is 15.3. The number of halogens is 1. The van der Waals surface area contributed by atoms with Crippen LogP contribution in [0.25, 0.3) is 16.6 Å². The van der Waals surface area contributed by atoms with Gasteiger partial charge < -0.3 is 10.2 Å². The Hall–Kier alpha value is -3.06. The Morgan fingerprint density at radius 3 is 2.56 bits per heavy atom. The fourth-order valence-electron chi connectivity index (χ4n) is 2.78. The van der Waals surface area contributed by atoms with Gasteiger partial charge in [-0.15, -0.1) is 0 Å². The summed E-state index contributed by atoms with van der Waals surface area (Å²) < 4.78 is 14.7. The van der Waals surface area contributed by atoms with E-state index in [2.05, 4.69) is 10.3 Å². The maximum Gasteiger partial charge on any atom is 0.265 e. The van der Waals surface area contributed by atoms with Gasteiger partial charge in [0.2, 0.25) is 5.91 Å². The van der Waals surface area contributed by atoms with E-state index in [0.29, 0.717) is 35.5 Å². The molecule has 27 heavy (non-hydrogen) atoms. The number of aromatic nitrogens is 2. The number of hydrogen-bond donors (Lipinski definition) is 1. The predicted octanol–water partition coefficient (Wildman–Crippen LogP) is 1.75. The molecule has 2 aromatic carbocycles. The van der Waals surface area contributed by atoms with Gasteiger partial charge in [0.25, 0.3) is 5.56 Å². The maximum atomic E-state index is 13.3. The Kier molecular flexibility index (Phi) is 5.61. The summed E-state index contributed by atoms with van der Waals surface area (Å²) in [5.41, 5.74) is 0.705. The second-order valence-electron chi connectivity index (χ2n) is 6.49.